The predicted octanol–water partition coefficient (Wildman–Crippen LogP) is 7.60. The molecule has 0 heterocycles. The second-order valence-electron chi connectivity index (χ2n) is 8.30. The van der Waals surface area contributed by atoms with E-state index in [1.165, 1.54) is 0 Å². The summed E-state index contributed by atoms with van der Waals surface area (Å²) in [5.74, 6) is 2.25. The van der Waals surface area contributed by atoms with E-state index in [-0.39, 0.29) is 11.9 Å². The molecule has 3 aromatic carbocycles. The molecular weight excluding hydrogens is 504 g/mol. The fourth-order valence-electron chi connectivity index (χ4n) is 3.37. The molecule has 0 aliphatic rings. The summed E-state index contributed by atoms with van der Waals surface area (Å²) in [7, 11) is 1.63. The van der Waals surface area contributed by atoms with Crippen LogP contribution in [0.5, 0.6) is 17.2 Å². The molecule has 0 fully saturated rings. The summed E-state index contributed by atoms with van der Waals surface area (Å²) < 4.78 is 18.0. The molecule has 3 aromatic rings. The van der Waals surface area contributed by atoms with Gasteiger partial charge in [0.15, 0.2) is 17.3 Å². The quantitative estimate of drug-likeness (QED) is 0.177. The summed E-state index contributed by atoms with van der Waals surface area (Å²) in [5, 5.41) is 0. The average molecular weight is 535 g/mol. The van der Waals surface area contributed by atoms with E-state index in [9.17, 15) is 4.79 Å². The number of carbonyl (C=O) groups excluding carboxylic acids is 1. The zero-order valence-electron chi connectivity index (χ0n) is 20.4. The van der Waals surface area contributed by atoms with E-state index >= 15 is 0 Å². The monoisotopic (exact) mass is 534 g/mol. The normalized spacial score (nSPS) is 11.3. The number of benzene rings is 3. The fourth-order valence-corrected chi connectivity index (χ4v) is 3.89. The molecule has 0 unspecified atom stereocenters. The topological polar surface area (TPSA) is 44.8 Å². The first-order valence-corrected chi connectivity index (χ1v) is 12.4. The first kappa shape index (κ1) is 26.3. The van der Waals surface area contributed by atoms with Crippen LogP contribution in [0, 0.1) is 0 Å². The van der Waals surface area contributed by atoms with Crippen molar-refractivity contribution in [3.63, 3.8) is 0 Å². The van der Waals surface area contributed by atoms with Gasteiger partial charge in [-0.2, -0.15) is 0 Å². The van der Waals surface area contributed by atoms with Gasteiger partial charge in [-0.15, -0.1) is 0 Å². The second kappa shape index (κ2) is 13.5. The van der Waals surface area contributed by atoms with Crippen LogP contribution in [0.1, 0.15) is 37.0 Å². The Morgan fingerprint density at radius 1 is 0.914 bits per heavy atom. The van der Waals surface area contributed by atoms with Crippen molar-refractivity contribution in [2.45, 2.75) is 39.4 Å². The number of hydrogen-bond donors (Lipinski definition) is 0. The fraction of sp³-hybridized carbons (Fsp3) is 0.233. The highest BCUT2D eigenvalue weighted by Gasteiger charge is 2.07. The number of allylic oxidation sites excluding steroid dienone is 3. The average Bonchev–Trinajstić information content (AvgIpc) is 2.86. The molecule has 0 spiro atoms. The van der Waals surface area contributed by atoms with E-state index in [2.05, 4.69) is 15.9 Å². The zero-order chi connectivity index (χ0) is 25.0. The number of carbonyl (C=O) groups is 1. The molecule has 0 N–H and O–H groups in total. The van der Waals surface area contributed by atoms with Crippen molar-refractivity contribution in [1.29, 1.82) is 0 Å². The summed E-state index contributed by atoms with van der Waals surface area (Å²) in [6, 6.07) is 21.7. The number of halogens is 1. The van der Waals surface area contributed by atoms with E-state index in [4.69, 9.17) is 14.2 Å². The molecule has 0 aliphatic carbocycles. The third-order valence-electron chi connectivity index (χ3n) is 5.13. The lowest BCUT2D eigenvalue weighted by molar-refractivity contribution is -0.114. The van der Waals surface area contributed by atoms with Crippen LogP contribution in [-0.4, -0.2) is 19.0 Å². The van der Waals surface area contributed by atoms with Crippen LogP contribution in [0.3, 0.4) is 0 Å². The molecular formula is C30H31BrO4. The molecule has 182 valence electrons. The summed E-state index contributed by atoms with van der Waals surface area (Å²) in [5.41, 5.74) is 3.14. The number of rotatable bonds is 12. The van der Waals surface area contributed by atoms with Gasteiger partial charge in [0.05, 0.1) is 17.7 Å². The van der Waals surface area contributed by atoms with Gasteiger partial charge in [0.1, 0.15) is 12.4 Å². The Labute approximate surface area is 216 Å². The van der Waals surface area contributed by atoms with Crippen LogP contribution in [-0.2, 0) is 17.8 Å². The SMILES string of the molecule is COc1cc(/C=C/C=C/C(=O)CCc2ccc(OC(C)C)c(Br)c2)ccc1OCc1ccccc1. The maximum absolute atomic E-state index is 12.3. The molecule has 0 bridgehead atoms. The van der Waals surface area contributed by atoms with Gasteiger partial charge in [0.25, 0.3) is 0 Å². The summed E-state index contributed by atoms with van der Waals surface area (Å²) in [4.78, 5) is 12.3. The number of aryl methyl sites for hydroxylation is 1. The standard InChI is InChI=1S/C30H31BrO4/c1-22(2)35-28-17-14-24(19-27(28)31)13-16-26(32)12-8-7-9-23-15-18-29(30(20-23)33-3)34-21-25-10-5-4-6-11-25/h4-12,14-15,17-20,22H,13,16,21H2,1-3H3/b9-7+,12-8+. The highest BCUT2D eigenvalue weighted by molar-refractivity contribution is 9.10. The molecule has 35 heavy (non-hydrogen) atoms. The van der Waals surface area contributed by atoms with Crippen molar-refractivity contribution in [3.8, 4) is 17.2 Å². The largest absolute Gasteiger partial charge is 0.493 e. The number of hydrogen-bond acceptors (Lipinski definition) is 4. The molecule has 0 atom stereocenters. The minimum atomic E-state index is 0.0792. The minimum Gasteiger partial charge on any atom is -0.493 e. The first-order valence-electron chi connectivity index (χ1n) is 11.6. The van der Waals surface area contributed by atoms with Crippen molar-refractivity contribution in [2.24, 2.45) is 0 Å². The maximum Gasteiger partial charge on any atom is 0.161 e. The van der Waals surface area contributed by atoms with Crippen LogP contribution in [0.25, 0.3) is 6.08 Å². The Bertz CT molecular complexity index is 1170. The van der Waals surface area contributed by atoms with Crippen LogP contribution < -0.4 is 14.2 Å². The van der Waals surface area contributed by atoms with Crippen LogP contribution in [0.15, 0.2) is 89.4 Å². The Hall–Kier alpha value is -3.31. The molecule has 5 heteroatoms. The van der Waals surface area contributed by atoms with Crippen molar-refractivity contribution < 1.29 is 19.0 Å². The Morgan fingerprint density at radius 3 is 2.40 bits per heavy atom. The lowest BCUT2D eigenvalue weighted by Gasteiger charge is -2.12. The molecule has 0 saturated carbocycles. The first-order chi connectivity index (χ1) is 16.9. The second-order valence-corrected chi connectivity index (χ2v) is 9.15. The number of ether oxygens (including phenoxy) is 3. The van der Waals surface area contributed by atoms with Gasteiger partial charge in [-0.25, -0.2) is 0 Å². The molecule has 0 radical (unpaired) electrons. The van der Waals surface area contributed by atoms with Crippen LogP contribution >= 0.6 is 15.9 Å². The summed E-state index contributed by atoms with van der Waals surface area (Å²) in [6.45, 7) is 4.46. The van der Waals surface area contributed by atoms with Gasteiger partial charge in [-0.3, -0.25) is 4.79 Å². The molecule has 0 aromatic heterocycles. The van der Waals surface area contributed by atoms with Gasteiger partial charge in [-0.05, 0) is 83.2 Å². The molecule has 0 aliphatic heterocycles. The third-order valence-corrected chi connectivity index (χ3v) is 5.75. The Kier molecular flexibility index (Phi) is 10.2. The highest BCUT2D eigenvalue weighted by Crippen LogP contribution is 2.29. The highest BCUT2D eigenvalue weighted by atomic mass is 79.9. The number of ketones is 1. The minimum absolute atomic E-state index is 0.0792. The summed E-state index contributed by atoms with van der Waals surface area (Å²) in [6.07, 6.45) is 8.39. The Balaban J connectivity index is 1.50. The molecule has 3 rings (SSSR count). The maximum atomic E-state index is 12.3. The van der Waals surface area contributed by atoms with Crippen LogP contribution in [0.4, 0.5) is 0 Å². The Morgan fingerprint density at radius 2 is 1.69 bits per heavy atom. The molecule has 0 saturated heterocycles. The molecule has 0 amide bonds. The van der Waals surface area contributed by atoms with Crippen LogP contribution in [0.2, 0.25) is 0 Å². The van der Waals surface area contributed by atoms with Crippen molar-refractivity contribution in [3.05, 3.63) is 106 Å². The van der Waals surface area contributed by atoms with E-state index in [1.54, 1.807) is 19.3 Å². The number of methoxy groups -OCH3 is 1. The van der Waals surface area contributed by atoms with E-state index in [0.717, 1.165) is 26.9 Å². The van der Waals surface area contributed by atoms with Gasteiger partial charge in [0, 0.05) is 6.42 Å². The van der Waals surface area contributed by atoms with Gasteiger partial charge < -0.3 is 14.2 Å². The lowest BCUT2D eigenvalue weighted by atomic mass is 10.1. The van der Waals surface area contributed by atoms with Gasteiger partial charge in [-0.1, -0.05) is 60.7 Å². The van der Waals surface area contributed by atoms with Gasteiger partial charge >= 0.3 is 0 Å². The van der Waals surface area contributed by atoms with Crippen molar-refractivity contribution >= 4 is 27.8 Å². The van der Waals surface area contributed by atoms with E-state index in [0.29, 0.717) is 30.9 Å². The predicted molar refractivity (Wildman–Crippen MR) is 145 cm³/mol. The van der Waals surface area contributed by atoms with Gasteiger partial charge in [0.2, 0.25) is 0 Å². The van der Waals surface area contributed by atoms with E-state index in [1.807, 2.05) is 92.7 Å². The lowest BCUT2D eigenvalue weighted by Crippen LogP contribution is -2.06. The van der Waals surface area contributed by atoms with E-state index < -0.39 is 0 Å². The van der Waals surface area contributed by atoms with Crippen molar-refractivity contribution in [2.75, 3.05) is 7.11 Å². The molecule has 4 nitrogen and oxygen atoms in total. The van der Waals surface area contributed by atoms with Crippen molar-refractivity contribution in [1.82, 2.24) is 0 Å². The third kappa shape index (κ3) is 8.76. The zero-order valence-corrected chi connectivity index (χ0v) is 22.0. The summed E-state index contributed by atoms with van der Waals surface area (Å²) >= 11 is 3.54. The smallest absolute Gasteiger partial charge is 0.161 e.